The molecule has 7 rings (SSSR count). The number of piperidine rings is 1. The molecule has 0 radical (unpaired) electrons. The van der Waals surface area contributed by atoms with Gasteiger partial charge in [0.2, 0.25) is 0 Å². The number of H-pyrrole nitrogens is 2. The Morgan fingerprint density at radius 2 is 1.83 bits per heavy atom. The molecule has 0 spiro atoms. The van der Waals surface area contributed by atoms with Crippen molar-refractivity contribution >= 4 is 28.2 Å². The molecule has 2 aliphatic rings. The van der Waals surface area contributed by atoms with E-state index in [9.17, 15) is 14.4 Å². The van der Waals surface area contributed by atoms with Gasteiger partial charge in [-0.1, -0.05) is 6.07 Å². The van der Waals surface area contributed by atoms with E-state index in [0.717, 1.165) is 53.3 Å². The molecule has 3 aromatic heterocycles. The predicted octanol–water partition coefficient (Wildman–Crippen LogP) is 2.85. The standard InChI is InChI=1S/C31H30N6O5/c1-41-22-7-8-24-23(12-22)28-29(33-24)30(39)37(31(40)34-28)32-13-18-6-9-26(42-2)21(10-18)17-35-14-19-11-20(16-35)25-4-3-5-27(38)36(25)15-19/h3-10,12-13,19-20,33H,11,14-17H2,1-2H3,(H,34,40)/b32-13-/t19-,20+/m0/s1. The van der Waals surface area contributed by atoms with Crippen LogP contribution in [0.5, 0.6) is 11.5 Å². The summed E-state index contributed by atoms with van der Waals surface area (Å²) in [4.78, 5) is 46.8. The molecule has 214 valence electrons. The zero-order valence-electron chi connectivity index (χ0n) is 23.3. The van der Waals surface area contributed by atoms with E-state index in [0.29, 0.717) is 40.5 Å². The lowest BCUT2D eigenvalue weighted by atomic mass is 9.83. The SMILES string of the molecule is COc1ccc2[nH]c3c(=O)n(/N=C\c4ccc(OC)c(CN5C[C@@H]6C[C@H](C5)c5cccc(=O)n5C6)c4)c(=O)[nH]c3c2c1. The maximum absolute atomic E-state index is 13.2. The van der Waals surface area contributed by atoms with Crippen LogP contribution in [0.3, 0.4) is 0 Å². The predicted molar refractivity (Wildman–Crippen MR) is 160 cm³/mol. The summed E-state index contributed by atoms with van der Waals surface area (Å²) in [5.74, 6) is 2.09. The van der Waals surface area contributed by atoms with Crippen LogP contribution >= 0.6 is 0 Å². The molecule has 2 bridgehead atoms. The molecular formula is C31H30N6O5. The number of fused-ring (bicyclic) bond motifs is 7. The number of methoxy groups -OCH3 is 2. The summed E-state index contributed by atoms with van der Waals surface area (Å²) in [6.07, 6.45) is 2.59. The molecule has 2 N–H and O–H groups in total. The van der Waals surface area contributed by atoms with Crippen molar-refractivity contribution in [3.63, 3.8) is 0 Å². The zero-order chi connectivity index (χ0) is 29.0. The van der Waals surface area contributed by atoms with E-state index in [-0.39, 0.29) is 11.1 Å². The van der Waals surface area contributed by atoms with Crippen LogP contribution in [0.25, 0.3) is 21.9 Å². The lowest BCUT2D eigenvalue weighted by molar-refractivity contribution is 0.113. The lowest BCUT2D eigenvalue weighted by Crippen LogP contribution is -2.46. The van der Waals surface area contributed by atoms with Gasteiger partial charge in [0.25, 0.3) is 5.56 Å². The summed E-state index contributed by atoms with van der Waals surface area (Å²) >= 11 is 0. The largest absolute Gasteiger partial charge is 0.497 e. The normalized spacial score (nSPS) is 18.5. The van der Waals surface area contributed by atoms with E-state index in [1.807, 2.05) is 28.8 Å². The minimum Gasteiger partial charge on any atom is -0.497 e. The van der Waals surface area contributed by atoms with E-state index >= 15 is 0 Å². The topological polar surface area (TPSA) is 127 Å². The number of benzene rings is 2. The molecule has 2 aromatic carbocycles. The van der Waals surface area contributed by atoms with Crippen LogP contribution in [-0.4, -0.2) is 57.6 Å². The number of rotatable bonds is 6. The van der Waals surface area contributed by atoms with Gasteiger partial charge >= 0.3 is 11.2 Å². The Labute approximate surface area is 239 Å². The molecule has 11 heteroatoms. The fourth-order valence-electron chi connectivity index (χ4n) is 6.54. The molecule has 11 nitrogen and oxygen atoms in total. The highest BCUT2D eigenvalue weighted by molar-refractivity contribution is 6.04. The first-order chi connectivity index (χ1) is 20.4. The van der Waals surface area contributed by atoms with E-state index in [1.165, 1.54) is 6.21 Å². The van der Waals surface area contributed by atoms with Crippen LogP contribution in [0.4, 0.5) is 0 Å². The highest BCUT2D eigenvalue weighted by atomic mass is 16.5. The van der Waals surface area contributed by atoms with Gasteiger partial charge < -0.3 is 24.0 Å². The van der Waals surface area contributed by atoms with Crippen molar-refractivity contribution in [3.05, 3.63) is 103 Å². The molecule has 0 unspecified atom stereocenters. The van der Waals surface area contributed by atoms with Gasteiger partial charge in [0.15, 0.2) is 0 Å². The van der Waals surface area contributed by atoms with Gasteiger partial charge in [-0.25, -0.2) is 4.79 Å². The van der Waals surface area contributed by atoms with Crippen molar-refractivity contribution in [2.45, 2.75) is 25.4 Å². The van der Waals surface area contributed by atoms with Crippen LogP contribution in [0.2, 0.25) is 0 Å². The monoisotopic (exact) mass is 566 g/mol. The van der Waals surface area contributed by atoms with Crippen molar-refractivity contribution in [2.24, 2.45) is 11.0 Å². The first-order valence-electron chi connectivity index (χ1n) is 13.9. The maximum atomic E-state index is 13.2. The molecule has 1 saturated heterocycles. The third kappa shape index (κ3) is 4.42. The number of nitrogens with zero attached hydrogens (tertiary/aromatic N) is 4. The van der Waals surface area contributed by atoms with Crippen molar-refractivity contribution in [2.75, 3.05) is 27.3 Å². The van der Waals surface area contributed by atoms with E-state index in [1.54, 1.807) is 38.5 Å². The summed E-state index contributed by atoms with van der Waals surface area (Å²) in [5, 5.41) is 4.94. The molecule has 0 amide bonds. The Bertz CT molecular complexity index is 2050. The van der Waals surface area contributed by atoms with Crippen molar-refractivity contribution in [1.29, 1.82) is 0 Å². The number of hydrogen-bond acceptors (Lipinski definition) is 7. The number of nitrogens with one attached hydrogen (secondary N) is 2. The summed E-state index contributed by atoms with van der Waals surface area (Å²) in [5.41, 5.74) is 3.08. The van der Waals surface area contributed by atoms with Crippen LogP contribution in [0.15, 0.2) is 74.1 Å². The van der Waals surface area contributed by atoms with Gasteiger partial charge in [0.05, 0.1) is 26.0 Å². The molecule has 1 fully saturated rings. The molecule has 5 aromatic rings. The van der Waals surface area contributed by atoms with E-state index in [4.69, 9.17) is 9.47 Å². The summed E-state index contributed by atoms with van der Waals surface area (Å²) in [6, 6.07) is 16.6. The highest BCUT2D eigenvalue weighted by Crippen LogP contribution is 2.36. The van der Waals surface area contributed by atoms with Gasteiger partial charge in [0.1, 0.15) is 17.0 Å². The third-order valence-corrected chi connectivity index (χ3v) is 8.41. The van der Waals surface area contributed by atoms with E-state index < -0.39 is 11.2 Å². The Kier molecular flexibility index (Phi) is 6.31. The Hall–Kier alpha value is -4.90. The minimum atomic E-state index is -0.638. The molecule has 0 saturated carbocycles. The molecule has 0 aliphatic carbocycles. The van der Waals surface area contributed by atoms with E-state index in [2.05, 4.69) is 26.0 Å². The Morgan fingerprint density at radius 1 is 0.952 bits per heavy atom. The number of aromatic nitrogens is 4. The maximum Gasteiger partial charge on any atom is 0.350 e. The highest BCUT2D eigenvalue weighted by Gasteiger charge is 2.34. The fourth-order valence-corrected chi connectivity index (χ4v) is 6.54. The van der Waals surface area contributed by atoms with Crippen LogP contribution in [0.1, 0.15) is 29.2 Å². The summed E-state index contributed by atoms with van der Waals surface area (Å²) in [6.45, 7) is 3.14. The first kappa shape index (κ1) is 26.0. The first-order valence-corrected chi connectivity index (χ1v) is 13.9. The summed E-state index contributed by atoms with van der Waals surface area (Å²) < 4.78 is 13.7. The second kappa shape index (κ2) is 10.2. The smallest absolute Gasteiger partial charge is 0.350 e. The quantitative estimate of drug-likeness (QED) is 0.305. The average Bonchev–Trinajstić information content (AvgIpc) is 3.35. The molecule has 5 heterocycles. The van der Waals surface area contributed by atoms with Gasteiger partial charge in [-0.2, -0.15) is 5.10 Å². The Balaban J connectivity index is 1.17. The third-order valence-electron chi connectivity index (χ3n) is 8.41. The van der Waals surface area contributed by atoms with Crippen LogP contribution < -0.4 is 26.3 Å². The average molecular weight is 567 g/mol. The number of hydrogen-bond donors (Lipinski definition) is 2. The zero-order valence-corrected chi connectivity index (χ0v) is 23.3. The van der Waals surface area contributed by atoms with Crippen molar-refractivity contribution in [3.8, 4) is 11.5 Å². The van der Waals surface area contributed by atoms with Crippen molar-refractivity contribution < 1.29 is 9.47 Å². The minimum absolute atomic E-state index is 0.0752. The molecule has 42 heavy (non-hydrogen) atoms. The Morgan fingerprint density at radius 3 is 2.67 bits per heavy atom. The number of likely N-dealkylation sites (tertiary alicyclic amines) is 1. The molecular weight excluding hydrogens is 536 g/mol. The second-order valence-electron chi connectivity index (χ2n) is 11.0. The van der Waals surface area contributed by atoms with Crippen molar-refractivity contribution in [1.82, 2.24) is 24.1 Å². The number of ether oxygens (including phenoxy) is 2. The molecule has 2 atom stereocenters. The second-order valence-corrected chi connectivity index (χ2v) is 11.0. The lowest BCUT2D eigenvalue weighted by Gasteiger charge is -2.42. The number of aromatic amines is 2. The fraction of sp³-hybridized carbons (Fsp3) is 0.290. The summed E-state index contributed by atoms with van der Waals surface area (Å²) in [7, 11) is 3.20. The van der Waals surface area contributed by atoms with Gasteiger partial charge in [-0.05, 0) is 60.4 Å². The van der Waals surface area contributed by atoms with Gasteiger partial charge in [-0.15, -0.1) is 4.68 Å². The van der Waals surface area contributed by atoms with Gasteiger partial charge in [0, 0.05) is 60.3 Å². The van der Waals surface area contributed by atoms with Gasteiger partial charge in [-0.3, -0.25) is 14.5 Å². The van der Waals surface area contributed by atoms with Crippen LogP contribution in [-0.2, 0) is 13.1 Å². The number of pyridine rings is 1. The van der Waals surface area contributed by atoms with Crippen LogP contribution in [0, 0.1) is 5.92 Å². The molecule has 2 aliphatic heterocycles.